The van der Waals surface area contributed by atoms with Crippen LogP contribution in [0.3, 0.4) is 0 Å². The number of hydrogen-bond acceptors (Lipinski definition) is 3. The molecule has 3 N–H and O–H groups in total. The Morgan fingerprint density at radius 2 is 2.50 bits per heavy atom. The van der Waals surface area contributed by atoms with E-state index in [-0.39, 0.29) is 0 Å². The standard InChI is InChI=1S/C5H7N3O2/c6-4-7-2-1-3-8(4)5(9)10/h1-4H,6H2,(H,9,10). The molecule has 1 heterocycles. The number of carboxylic acid groups (broad SMARTS) is 1. The summed E-state index contributed by atoms with van der Waals surface area (Å²) < 4.78 is 0. The molecule has 1 atom stereocenters. The van der Waals surface area contributed by atoms with Crippen molar-refractivity contribution in [3.05, 3.63) is 12.3 Å². The Labute approximate surface area is 57.5 Å². The second-order valence-electron chi connectivity index (χ2n) is 1.74. The first kappa shape index (κ1) is 6.76. The van der Waals surface area contributed by atoms with Crippen molar-refractivity contribution in [3.63, 3.8) is 0 Å². The van der Waals surface area contributed by atoms with Crippen molar-refractivity contribution in [2.45, 2.75) is 6.29 Å². The second-order valence-corrected chi connectivity index (χ2v) is 1.74. The summed E-state index contributed by atoms with van der Waals surface area (Å²) in [5.41, 5.74) is 5.28. The van der Waals surface area contributed by atoms with Gasteiger partial charge in [-0.05, 0) is 6.08 Å². The van der Waals surface area contributed by atoms with Gasteiger partial charge in [0.1, 0.15) is 0 Å². The molecule has 0 saturated heterocycles. The van der Waals surface area contributed by atoms with Gasteiger partial charge in [0, 0.05) is 12.4 Å². The number of nitrogens with two attached hydrogens (primary N) is 1. The van der Waals surface area contributed by atoms with Gasteiger partial charge in [-0.1, -0.05) is 0 Å². The number of nitrogens with zero attached hydrogens (tertiary/aromatic N) is 2. The predicted molar refractivity (Wildman–Crippen MR) is 35.5 cm³/mol. The summed E-state index contributed by atoms with van der Waals surface area (Å²) in [5, 5.41) is 8.43. The fraction of sp³-hybridized carbons (Fsp3) is 0.200. The van der Waals surface area contributed by atoms with Crippen LogP contribution in [-0.2, 0) is 0 Å². The molecule has 0 aromatic heterocycles. The van der Waals surface area contributed by atoms with Crippen LogP contribution >= 0.6 is 0 Å². The van der Waals surface area contributed by atoms with Crippen molar-refractivity contribution in [1.29, 1.82) is 0 Å². The van der Waals surface area contributed by atoms with Crippen molar-refractivity contribution in [2.24, 2.45) is 10.7 Å². The lowest BCUT2D eigenvalue weighted by atomic mass is 10.5. The average Bonchev–Trinajstić information content (AvgIpc) is 1.88. The highest BCUT2D eigenvalue weighted by Gasteiger charge is 2.16. The Hall–Kier alpha value is -1.36. The fourth-order valence-electron chi connectivity index (χ4n) is 0.606. The number of carbonyl (C=O) groups is 1. The summed E-state index contributed by atoms with van der Waals surface area (Å²) in [6.07, 6.45) is 2.45. The maximum absolute atomic E-state index is 10.3. The molecule has 10 heavy (non-hydrogen) atoms. The lowest BCUT2D eigenvalue weighted by Crippen LogP contribution is -2.41. The molecule has 5 nitrogen and oxygen atoms in total. The zero-order chi connectivity index (χ0) is 7.56. The zero-order valence-corrected chi connectivity index (χ0v) is 5.14. The Bertz CT molecular complexity index is 199. The van der Waals surface area contributed by atoms with E-state index in [1.54, 1.807) is 0 Å². The van der Waals surface area contributed by atoms with Gasteiger partial charge >= 0.3 is 6.09 Å². The Morgan fingerprint density at radius 3 is 2.90 bits per heavy atom. The minimum atomic E-state index is -1.10. The highest BCUT2D eigenvalue weighted by atomic mass is 16.4. The molecule has 0 spiro atoms. The molecule has 54 valence electrons. The lowest BCUT2D eigenvalue weighted by Gasteiger charge is -2.20. The molecule has 1 amide bonds. The van der Waals surface area contributed by atoms with Gasteiger partial charge in [0.05, 0.1) is 0 Å². The van der Waals surface area contributed by atoms with Crippen LogP contribution in [0.25, 0.3) is 0 Å². The van der Waals surface area contributed by atoms with Gasteiger partial charge in [0.2, 0.25) is 0 Å². The summed E-state index contributed by atoms with van der Waals surface area (Å²) in [6.45, 7) is 0. The number of hydrogen-bond donors (Lipinski definition) is 2. The van der Waals surface area contributed by atoms with Crippen molar-refractivity contribution < 1.29 is 9.90 Å². The van der Waals surface area contributed by atoms with E-state index in [1.165, 1.54) is 18.5 Å². The molecular formula is C5H7N3O2. The third-order valence-electron chi connectivity index (χ3n) is 1.08. The van der Waals surface area contributed by atoms with Gasteiger partial charge in [-0.3, -0.25) is 10.7 Å². The Morgan fingerprint density at radius 1 is 1.80 bits per heavy atom. The Balaban J connectivity index is 2.70. The van der Waals surface area contributed by atoms with Gasteiger partial charge in [-0.25, -0.2) is 9.69 Å². The Kier molecular flexibility index (Phi) is 1.68. The summed E-state index contributed by atoms with van der Waals surface area (Å²) in [7, 11) is 0. The summed E-state index contributed by atoms with van der Waals surface area (Å²) in [5.74, 6) is 0. The van der Waals surface area contributed by atoms with Crippen molar-refractivity contribution in [1.82, 2.24) is 4.90 Å². The maximum atomic E-state index is 10.3. The molecule has 0 aromatic carbocycles. The average molecular weight is 141 g/mol. The molecule has 5 heteroatoms. The van der Waals surface area contributed by atoms with Gasteiger partial charge in [-0.2, -0.15) is 0 Å². The van der Waals surface area contributed by atoms with Crippen molar-refractivity contribution in [2.75, 3.05) is 0 Å². The molecule has 1 unspecified atom stereocenters. The van der Waals surface area contributed by atoms with Crippen molar-refractivity contribution >= 4 is 12.3 Å². The molecule has 1 aliphatic heterocycles. The van der Waals surface area contributed by atoms with E-state index < -0.39 is 12.4 Å². The van der Waals surface area contributed by atoms with E-state index in [4.69, 9.17) is 10.8 Å². The number of allylic oxidation sites excluding steroid dienone is 1. The molecule has 0 aliphatic carbocycles. The topological polar surface area (TPSA) is 78.9 Å². The highest BCUT2D eigenvalue weighted by molar-refractivity contribution is 5.75. The number of aliphatic imine (C=N–C) groups is 1. The van der Waals surface area contributed by atoms with Crippen LogP contribution in [0.15, 0.2) is 17.3 Å². The monoisotopic (exact) mass is 141 g/mol. The van der Waals surface area contributed by atoms with Crippen LogP contribution < -0.4 is 5.73 Å². The molecule has 0 bridgehead atoms. The molecule has 1 rings (SSSR count). The predicted octanol–water partition coefficient (Wildman–Crippen LogP) is -0.193. The summed E-state index contributed by atoms with van der Waals surface area (Å²) in [4.78, 5) is 14.8. The third-order valence-corrected chi connectivity index (χ3v) is 1.08. The van der Waals surface area contributed by atoms with E-state index in [0.29, 0.717) is 0 Å². The first-order valence-corrected chi connectivity index (χ1v) is 2.68. The van der Waals surface area contributed by atoms with Gasteiger partial charge in [0.15, 0.2) is 6.29 Å². The van der Waals surface area contributed by atoms with Gasteiger partial charge < -0.3 is 5.11 Å². The van der Waals surface area contributed by atoms with Gasteiger partial charge in [-0.15, -0.1) is 0 Å². The van der Waals surface area contributed by atoms with E-state index in [0.717, 1.165) is 4.90 Å². The van der Waals surface area contributed by atoms with Crippen molar-refractivity contribution in [3.8, 4) is 0 Å². The molecular weight excluding hydrogens is 134 g/mol. The number of rotatable bonds is 0. The van der Waals surface area contributed by atoms with Crippen LogP contribution in [0.4, 0.5) is 4.79 Å². The van der Waals surface area contributed by atoms with E-state index >= 15 is 0 Å². The second kappa shape index (κ2) is 2.49. The summed E-state index contributed by atoms with van der Waals surface area (Å²) in [6, 6.07) is 0. The maximum Gasteiger partial charge on any atom is 0.414 e. The van der Waals surface area contributed by atoms with Crippen LogP contribution in [-0.4, -0.2) is 28.6 Å². The largest absolute Gasteiger partial charge is 0.465 e. The molecule has 0 radical (unpaired) electrons. The minimum absolute atomic E-state index is 0.789. The molecule has 0 aromatic rings. The number of amides is 1. The van der Waals surface area contributed by atoms with E-state index in [1.807, 2.05) is 0 Å². The SMILES string of the molecule is NC1N=CC=CN1C(=O)O. The minimum Gasteiger partial charge on any atom is -0.465 e. The quantitative estimate of drug-likeness (QED) is 0.490. The normalized spacial score (nSPS) is 23.3. The van der Waals surface area contributed by atoms with Gasteiger partial charge in [0.25, 0.3) is 0 Å². The third kappa shape index (κ3) is 1.14. The van der Waals surface area contributed by atoms with E-state index in [2.05, 4.69) is 4.99 Å². The lowest BCUT2D eigenvalue weighted by molar-refractivity contribution is 0.149. The summed E-state index contributed by atoms with van der Waals surface area (Å²) >= 11 is 0. The molecule has 1 aliphatic rings. The first-order valence-electron chi connectivity index (χ1n) is 2.68. The van der Waals surface area contributed by atoms with Crippen LogP contribution in [0.2, 0.25) is 0 Å². The van der Waals surface area contributed by atoms with Crippen LogP contribution in [0.5, 0.6) is 0 Å². The molecule has 0 fully saturated rings. The fourth-order valence-corrected chi connectivity index (χ4v) is 0.606. The van der Waals surface area contributed by atoms with E-state index in [9.17, 15) is 4.79 Å². The first-order chi connectivity index (χ1) is 4.72. The highest BCUT2D eigenvalue weighted by Crippen LogP contribution is 2.00. The zero-order valence-electron chi connectivity index (χ0n) is 5.14. The smallest absolute Gasteiger partial charge is 0.414 e. The van der Waals surface area contributed by atoms with Crippen LogP contribution in [0, 0.1) is 0 Å². The van der Waals surface area contributed by atoms with Crippen LogP contribution in [0.1, 0.15) is 0 Å². The molecule has 0 saturated carbocycles.